The molecule has 0 atom stereocenters. The zero-order chi connectivity index (χ0) is 21.2. The summed E-state index contributed by atoms with van der Waals surface area (Å²) in [6, 6.07) is 13.6. The summed E-state index contributed by atoms with van der Waals surface area (Å²) in [7, 11) is -2.28. The van der Waals surface area contributed by atoms with Crippen molar-refractivity contribution in [3.63, 3.8) is 0 Å². The summed E-state index contributed by atoms with van der Waals surface area (Å²) >= 11 is 0. The van der Waals surface area contributed by atoms with Gasteiger partial charge in [0.15, 0.2) is 0 Å². The maximum Gasteiger partial charge on any atom is 0.264 e. The first-order chi connectivity index (χ1) is 13.7. The summed E-state index contributed by atoms with van der Waals surface area (Å²) in [5.74, 6) is 1.21. The van der Waals surface area contributed by atoms with Gasteiger partial charge in [0.1, 0.15) is 5.75 Å². The fraction of sp³-hybridized carbons (Fsp3) is 0.333. The van der Waals surface area contributed by atoms with Gasteiger partial charge in [-0.3, -0.25) is 4.31 Å². The van der Waals surface area contributed by atoms with Crippen LogP contribution in [0.25, 0.3) is 11.4 Å². The van der Waals surface area contributed by atoms with Crippen molar-refractivity contribution in [2.45, 2.75) is 38.0 Å². The van der Waals surface area contributed by atoms with Gasteiger partial charge in [0.05, 0.1) is 23.3 Å². The van der Waals surface area contributed by atoms with Gasteiger partial charge in [0, 0.05) is 12.0 Å². The third-order valence-corrected chi connectivity index (χ3v) is 6.30. The minimum absolute atomic E-state index is 0.126. The topological polar surface area (TPSA) is 85.5 Å². The lowest BCUT2D eigenvalue weighted by Crippen LogP contribution is -2.30. The van der Waals surface area contributed by atoms with Crippen LogP contribution in [-0.4, -0.2) is 32.2 Å². The molecule has 8 heteroatoms. The van der Waals surface area contributed by atoms with Gasteiger partial charge in [-0.25, -0.2) is 8.42 Å². The highest BCUT2D eigenvalue weighted by Gasteiger charge is 2.27. The maximum absolute atomic E-state index is 13.3. The Morgan fingerprint density at radius 2 is 1.79 bits per heavy atom. The van der Waals surface area contributed by atoms with E-state index in [1.807, 2.05) is 26.8 Å². The molecule has 0 amide bonds. The number of anilines is 1. The third kappa shape index (κ3) is 4.12. The van der Waals surface area contributed by atoms with Crippen LogP contribution in [0.15, 0.2) is 57.9 Å². The van der Waals surface area contributed by atoms with Crippen molar-refractivity contribution in [3.05, 3.63) is 54.4 Å². The van der Waals surface area contributed by atoms with Crippen LogP contribution >= 0.6 is 0 Å². The molecule has 7 nitrogen and oxygen atoms in total. The van der Waals surface area contributed by atoms with E-state index in [4.69, 9.17) is 9.26 Å². The molecular formula is C21H25N3O4S. The van der Waals surface area contributed by atoms with Crippen molar-refractivity contribution >= 4 is 15.7 Å². The molecule has 0 spiro atoms. The van der Waals surface area contributed by atoms with Crippen molar-refractivity contribution < 1.29 is 17.7 Å². The molecule has 29 heavy (non-hydrogen) atoms. The van der Waals surface area contributed by atoms with Crippen molar-refractivity contribution in [3.8, 4) is 17.1 Å². The number of aromatic nitrogens is 2. The minimum Gasteiger partial charge on any atom is -0.496 e. The SMILES string of the molecule is CCN(c1ccccc1)S(=O)(=O)c1ccc(OC)c(-c2noc(C(C)(C)C)n2)c1. The Morgan fingerprint density at radius 3 is 2.34 bits per heavy atom. The summed E-state index contributed by atoms with van der Waals surface area (Å²) < 4.78 is 38.8. The largest absolute Gasteiger partial charge is 0.496 e. The van der Waals surface area contributed by atoms with Crippen LogP contribution in [0.5, 0.6) is 5.75 Å². The Labute approximate surface area is 171 Å². The molecule has 0 saturated heterocycles. The van der Waals surface area contributed by atoms with E-state index in [0.717, 1.165) is 0 Å². The van der Waals surface area contributed by atoms with Crippen LogP contribution in [0.1, 0.15) is 33.6 Å². The Balaban J connectivity index is 2.10. The number of rotatable bonds is 6. The first-order valence-corrected chi connectivity index (χ1v) is 10.7. The van der Waals surface area contributed by atoms with Gasteiger partial charge in [-0.2, -0.15) is 4.98 Å². The predicted octanol–water partition coefficient (Wildman–Crippen LogP) is 4.26. The van der Waals surface area contributed by atoms with Gasteiger partial charge in [-0.15, -0.1) is 0 Å². The molecule has 154 valence electrons. The fourth-order valence-corrected chi connectivity index (χ4v) is 4.37. The molecule has 0 aliphatic rings. The van der Waals surface area contributed by atoms with E-state index in [-0.39, 0.29) is 16.1 Å². The smallest absolute Gasteiger partial charge is 0.264 e. The monoisotopic (exact) mass is 415 g/mol. The first kappa shape index (κ1) is 20.9. The van der Waals surface area contributed by atoms with Crippen LogP contribution in [0.3, 0.4) is 0 Å². The lowest BCUT2D eigenvalue weighted by atomic mass is 9.97. The van der Waals surface area contributed by atoms with E-state index < -0.39 is 10.0 Å². The zero-order valence-corrected chi connectivity index (χ0v) is 18.0. The Hall–Kier alpha value is -2.87. The van der Waals surface area contributed by atoms with E-state index in [9.17, 15) is 8.42 Å². The van der Waals surface area contributed by atoms with Gasteiger partial charge in [0.25, 0.3) is 10.0 Å². The number of hydrogen-bond acceptors (Lipinski definition) is 6. The Kier molecular flexibility index (Phi) is 5.66. The van der Waals surface area contributed by atoms with Crippen LogP contribution in [0.2, 0.25) is 0 Å². The molecule has 0 fully saturated rings. The molecule has 0 bridgehead atoms. The normalized spacial score (nSPS) is 12.0. The molecule has 0 N–H and O–H groups in total. The standard InChI is InChI=1S/C21H25N3O4S/c1-6-24(15-10-8-7-9-11-15)29(25,26)16-12-13-18(27-5)17(14-16)19-22-20(28-23-19)21(2,3)4/h7-14H,6H2,1-5H3. The predicted molar refractivity (Wildman–Crippen MR) is 112 cm³/mol. The Morgan fingerprint density at radius 1 is 1.10 bits per heavy atom. The molecule has 2 aromatic carbocycles. The number of ether oxygens (including phenoxy) is 1. The van der Waals surface area contributed by atoms with Gasteiger partial charge in [0.2, 0.25) is 11.7 Å². The molecule has 3 aromatic rings. The van der Waals surface area contributed by atoms with Crippen molar-refractivity contribution in [1.82, 2.24) is 10.1 Å². The number of methoxy groups -OCH3 is 1. The van der Waals surface area contributed by atoms with Gasteiger partial charge < -0.3 is 9.26 Å². The van der Waals surface area contributed by atoms with E-state index in [0.29, 0.717) is 29.4 Å². The van der Waals surface area contributed by atoms with Crippen molar-refractivity contribution in [2.24, 2.45) is 0 Å². The van der Waals surface area contributed by atoms with Gasteiger partial charge in [-0.05, 0) is 37.3 Å². The lowest BCUT2D eigenvalue weighted by Gasteiger charge is -2.23. The van der Waals surface area contributed by atoms with Crippen LogP contribution in [0.4, 0.5) is 5.69 Å². The second-order valence-electron chi connectivity index (χ2n) is 7.54. The summed E-state index contributed by atoms with van der Waals surface area (Å²) in [5.41, 5.74) is 0.730. The average Bonchev–Trinajstić information content (AvgIpc) is 3.19. The molecule has 0 radical (unpaired) electrons. The molecular weight excluding hydrogens is 390 g/mol. The van der Waals surface area contributed by atoms with E-state index in [1.165, 1.54) is 23.5 Å². The van der Waals surface area contributed by atoms with Crippen molar-refractivity contribution in [1.29, 1.82) is 0 Å². The second-order valence-corrected chi connectivity index (χ2v) is 9.40. The number of para-hydroxylation sites is 1. The highest BCUT2D eigenvalue weighted by Crippen LogP contribution is 2.33. The van der Waals surface area contributed by atoms with Gasteiger partial charge >= 0.3 is 0 Å². The van der Waals surface area contributed by atoms with Crippen LogP contribution < -0.4 is 9.04 Å². The van der Waals surface area contributed by atoms with Crippen LogP contribution in [0, 0.1) is 0 Å². The van der Waals surface area contributed by atoms with Crippen molar-refractivity contribution in [2.75, 3.05) is 18.0 Å². The highest BCUT2D eigenvalue weighted by atomic mass is 32.2. The first-order valence-electron chi connectivity index (χ1n) is 9.29. The highest BCUT2D eigenvalue weighted by molar-refractivity contribution is 7.92. The number of benzene rings is 2. The summed E-state index contributed by atoms with van der Waals surface area (Å²) in [5, 5.41) is 4.03. The molecule has 3 rings (SSSR count). The quantitative estimate of drug-likeness (QED) is 0.598. The number of nitrogens with zero attached hydrogens (tertiary/aromatic N) is 3. The Bertz CT molecular complexity index is 1090. The lowest BCUT2D eigenvalue weighted by molar-refractivity contribution is 0.321. The van der Waals surface area contributed by atoms with E-state index in [1.54, 1.807) is 37.3 Å². The summed E-state index contributed by atoms with van der Waals surface area (Å²) in [4.78, 5) is 4.57. The zero-order valence-electron chi connectivity index (χ0n) is 17.2. The second kappa shape index (κ2) is 7.87. The average molecular weight is 416 g/mol. The maximum atomic E-state index is 13.3. The summed E-state index contributed by atoms with van der Waals surface area (Å²) in [6.45, 7) is 7.97. The molecule has 0 unspecified atom stereocenters. The molecule has 0 aliphatic heterocycles. The fourth-order valence-electron chi connectivity index (χ4n) is 2.87. The van der Waals surface area contributed by atoms with Crippen LogP contribution in [-0.2, 0) is 15.4 Å². The molecule has 0 saturated carbocycles. The van der Waals surface area contributed by atoms with E-state index in [2.05, 4.69) is 10.1 Å². The number of sulfonamides is 1. The molecule has 0 aliphatic carbocycles. The molecule has 1 aromatic heterocycles. The van der Waals surface area contributed by atoms with E-state index >= 15 is 0 Å². The minimum atomic E-state index is -3.79. The number of hydrogen-bond donors (Lipinski definition) is 0. The van der Waals surface area contributed by atoms with Gasteiger partial charge in [-0.1, -0.05) is 44.1 Å². The third-order valence-electron chi connectivity index (χ3n) is 4.40. The summed E-state index contributed by atoms with van der Waals surface area (Å²) in [6.07, 6.45) is 0. The molecule has 1 heterocycles.